The van der Waals surface area contributed by atoms with E-state index in [0.717, 1.165) is 40.1 Å². The molecule has 0 bridgehead atoms. The summed E-state index contributed by atoms with van der Waals surface area (Å²) in [4.78, 5) is 30.1. The average Bonchev–Trinajstić information content (AvgIpc) is 3.56. The molecule has 1 fully saturated rings. The Morgan fingerprint density at radius 1 is 1.07 bits per heavy atom. The molecule has 0 aliphatic carbocycles. The predicted molar refractivity (Wildman–Crippen MR) is 161 cm³/mol. The quantitative estimate of drug-likeness (QED) is 0.192. The summed E-state index contributed by atoms with van der Waals surface area (Å²) in [6.45, 7) is 8.46. The van der Waals surface area contributed by atoms with Crippen LogP contribution in [0.15, 0.2) is 79.5 Å². The van der Waals surface area contributed by atoms with Gasteiger partial charge in [0.05, 0.1) is 18.7 Å². The van der Waals surface area contributed by atoms with Crippen LogP contribution in [0.2, 0.25) is 0 Å². The molecule has 0 radical (unpaired) electrons. The molecule has 3 aromatic heterocycles. The van der Waals surface area contributed by atoms with Crippen LogP contribution in [0.25, 0.3) is 16.6 Å². The zero-order valence-electron chi connectivity index (χ0n) is 23.8. The molecule has 0 unspecified atom stereocenters. The SMILES string of the molecule is C=C1C(=O)N(c2ccc3ncnc(Nc4ccc(Oc5ccn6ncnc6c5)c(C)c4)c3c2)C[C@H]1COCCN(C)C. The number of ether oxygens (including phenoxy) is 2. The Kier molecular flexibility index (Phi) is 7.51. The van der Waals surface area contributed by atoms with Gasteiger partial charge in [-0.2, -0.15) is 5.10 Å². The highest BCUT2D eigenvalue weighted by atomic mass is 16.5. The second-order valence-corrected chi connectivity index (χ2v) is 10.6. The number of nitrogens with zero attached hydrogens (tertiary/aromatic N) is 7. The fourth-order valence-corrected chi connectivity index (χ4v) is 4.89. The van der Waals surface area contributed by atoms with E-state index in [1.165, 1.54) is 12.7 Å². The van der Waals surface area contributed by atoms with Gasteiger partial charge in [0.2, 0.25) is 0 Å². The molecule has 1 atom stereocenters. The molecular weight excluding hydrogens is 532 g/mol. The lowest BCUT2D eigenvalue weighted by Gasteiger charge is -2.18. The van der Waals surface area contributed by atoms with Gasteiger partial charge in [-0.25, -0.2) is 19.5 Å². The van der Waals surface area contributed by atoms with Crippen molar-refractivity contribution < 1.29 is 14.3 Å². The molecule has 11 nitrogen and oxygen atoms in total. The number of carbonyl (C=O) groups excluding carboxylic acids is 1. The molecule has 5 aromatic rings. The number of likely N-dealkylation sites (N-methyl/N-ethyl adjacent to an activating group) is 1. The Hall–Kier alpha value is -4.87. The largest absolute Gasteiger partial charge is 0.457 e. The van der Waals surface area contributed by atoms with Crippen molar-refractivity contribution in [2.24, 2.45) is 5.92 Å². The number of anilines is 3. The number of aryl methyl sites for hydroxylation is 1. The highest BCUT2D eigenvalue weighted by Gasteiger charge is 2.34. The van der Waals surface area contributed by atoms with E-state index in [0.29, 0.717) is 42.5 Å². The number of hydrogen-bond acceptors (Lipinski definition) is 9. The molecule has 42 heavy (non-hydrogen) atoms. The zero-order chi connectivity index (χ0) is 29.2. The summed E-state index contributed by atoms with van der Waals surface area (Å²) in [5.74, 6) is 1.90. The van der Waals surface area contributed by atoms with Crippen molar-refractivity contribution in [1.82, 2.24) is 29.5 Å². The van der Waals surface area contributed by atoms with E-state index in [1.54, 1.807) is 9.42 Å². The zero-order valence-corrected chi connectivity index (χ0v) is 23.8. The van der Waals surface area contributed by atoms with Crippen molar-refractivity contribution in [2.45, 2.75) is 6.92 Å². The minimum absolute atomic E-state index is 0.0537. The Morgan fingerprint density at radius 2 is 1.95 bits per heavy atom. The number of amides is 1. The summed E-state index contributed by atoms with van der Waals surface area (Å²) in [6.07, 6.45) is 4.84. The maximum atomic E-state index is 13.1. The number of fused-ring (bicyclic) bond motifs is 2. The van der Waals surface area contributed by atoms with Crippen LogP contribution in [0.4, 0.5) is 17.2 Å². The van der Waals surface area contributed by atoms with Crippen molar-refractivity contribution in [3.05, 3.63) is 85.1 Å². The molecule has 0 saturated carbocycles. The normalized spacial score (nSPS) is 15.3. The third-order valence-corrected chi connectivity index (χ3v) is 7.27. The minimum Gasteiger partial charge on any atom is -0.457 e. The fraction of sp³-hybridized carbons (Fsp3) is 0.258. The number of hydrogen-bond donors (Lipinski definition) is 1. The Bertz CT molecular complexity index is 1780. The highest BCUT2D eigenvalue weighted by Crippen LogP contribution is 2.34. The van der Waals surface area contributed by atoms with E-state index < -0.39 is 0 Å². The number of rotatable bonds is 10. The monoisotopic (exact) mass is 564 g/mol. The van der Waals surface area contributed by atoms with Crippen LogP contribution < -0.4 is 15.0 Å². The highest BCUT2D eigenvalue weighted by molar-refractivity contribution is 6.09. The van der Waals surface area contributed by atoms with Crippen LogP contribution >= 0.6 is 0 Å². The van der Waals surface area contributed by atoms with Gasteiger partial charge in [0.25, 0.3) is 5.91 Å². The Labute approximate surface area is 243 Å². The Balaban J connectivity index is 1.19. The van der Waals surface area contributed by atoms with Crippen molar-refractivity contribution >= 4 is 39.6 Å². The summed E-state index contributed by atoms with van der Waals surface area (Å²) in [5, 5.41) is 8.34. The van der Waals surface area contributed by atoms with E-state index in [2.05, 4.69) is 36.8 Å². The molecule has 2 aromatic carbocycles. The molecule has 1 aliphatic rings. The van der Waals surface area contributed by atoms with Crippen LogP contribution in [-0.2, 0) is 9.53 Å². The van der Waals surface area contributed by atoms with E-state index in [4.69, 9.17) is 9.47 Å². The summed E-state index contributed by atoms with van der Waals surface area (Å²) in [7, 11) is 4.01. The molecule has 1 amide bonds. The average molecular weight is 565 g/mol. The number of nitrogens with one attached hydrogen (secondary N) is 1. The van der Waals surface area contributed by atoms with Gasteiger partial charge in [-0.3, -0.25) is 4.79 Å². The first-order valence-corrected chi connectivity index (χ1v) is 13.7. The fourth-order valence-electron chi connectivity index (χ4n) is 4.89. The lowest BCUT2D eigenvalue weighted by Crippen LogP contribution is -2.25. The maximum Gasteiger partial charge on any atom is 0.254 e. The van der Waals surface area contributed by atoms with Crippen LogP contribution in [-0.4, -0.2) is 75.8 Å². The van der Waals surface area contributed by atoms with Crippen LogP contribution in [0, 0.1) is 12.8 Å². The first-order chi connectivity index (χ1) is 20.4. The topological polar surface area (TPSA) is 110 Å². The molecular formula is C31H32N8O3. The first-order valence-electron chi connectivity index (χ1n) is 13.7. The van der Waals surface area contributed by atoms with Crippen LogP contribution in [0.3, 0.4) is 0 Å². The van der Waals surface area contributed by atoms with Gasteiger partial charge in [0.1, 0.15) is 30.0 Å². The lowest BCUT2D eigenvalue weighted by atomic mass is 10.1. The van der Waals surface area contributed by atoms with Gasteiger partial charge < -0.3 is 24.6 Å². The van der Waals surface area contributed by atoms with E-state index >= 15 is 0 Å². The standard InChI is InChI=1S/C31H32N8O3/c1-20-13-23(5-8-28(20)42-25-9-10-39-29(15-25)33-19-35-39)36-30-26-14-24(6-7-27(26)32-18-34-30)38-16-22(21(2)31(38)40)17-41-12-11-37(3)4/h5-10,13-15,18-19,22H,2,11-12,16-17H2,1,3-4H3,(H,32,34,36)/t22-/m0/s1. The second-order valence-electron chi connectivity index (χ2n) is 10.6. The molecule has 1 aliphatic heterocycles. The number of aromatic nitrogens is 5. The second kappa shape index (κ2) is 11.6. The van der Waals surface area contributed by atoms with Gasteiger partial charge in [0.15, 0.2) is 5.65 Å². The maximum absolute atomic E-state index is 13.1. The van der Waals surface area contributed by atoms with Crippen molar-refractivity contribution in [3.63, 3.8) is 0 Å². The molecule has 11 heteroatoms. The molecule has 1 saturated heterocycles. The first kappa shape index (κ1) is 27.3. The summed E-state index contributed by atoms with van der Waals surface area (Å²) in [5.41, 5.74) is 4.61. The van der Waals surface area contributed by atoms with Gasteiger partial charge >= 0.3 is 0 Å². The van der Waals surface area contributed by atoms with Crippen LogP contribution in [0.5, 0.6) is 11.5 Å². The molecule has 6 rings (SSSR count). The van der Waals surface area contributed by atoms with E-state index in [-0.39, 0.29) is 11.8 Å². The van der Waals surface area contributed by atoms with Gasteiger partial charge in [0, 0.05) is 53.6 Å². The van der Waals surface area contributed by atoms with Crippen molar-refractivity contribution in [2.75, 3.05) is 50.6 Å². The minimum atomic E-state index is -0.0868. The third-order valence-electron chi connectivity index (χ3n) is 7.27. The number of pyridine rings is 1. The molecule has 1 N–H and O–H groups in total. The smallest absolute Gasteiger partial charge is 0.254 e. The van der Waals surface area contributed by atoms with E-state index in [9.17, 15) is 4.79 Å². The molecule has 4 heterocycles. The Morgan fingerprint density at radius 3 is 2.79 bits per heavy atom. The van der Waals surface area contributed by atoms with Crippen molar-refractivity contribution in [3.8, 4) is 11.5 Å². The summed E-state index contributed by atoms with van der Waals surface area (Å²) < 4.78 is 13.6. The van der Waals surface area contributed by atoms with Crippen LogP contribution in [0.1, 0.15) is 5.56 Å². The van der Waals surface area contributed by atoms with E-state index in [1.807, 2.05) is 75.7 Å². The molecule has 0 spiro atoms. The number of carbonyl (C=O) groups is 1. The van der Waals surface area contributed by atoms with Crippen molar-refractivity contribution in [1.29, 1.82) is 0 Å². The van der Waals surface area contributed by atoms with Gasteiger partial charge in [-0.15, -0.1) is 0 Å². The predicted octanol–water partition coefficient (Wildman–Crippen LogP) is 4.61. The lowest BCUT2D eigenvalue weighted by molar-refractivity contribution is -0.114. The molecule has 214 valence electrons. The summed E-state index contributed by atoms with van der Waals surface area (Å²) >= 11 is 0. The van der Waals surface area contributed by atoms with Gasteiger partial charge in [-0.1, -0.05) is 6.58 Å². The third kappa shape index (κ3) is 5.65. The number of benzene rings is 2. The van der Waals surface area contributed by atoms with Gasteiger partial charge in [-0.05, 0) is 69.0 Å². The summed E-state index contributed by atoms with van der Waals surface area (Å²) in [6, 6.07) is 15.3.